The van der Waals surface area contributed by atoms with E-state index in [2.05, 4.69) is 43.3 Å². The van der Waals surface area contributed by atoms with Crippen LogP contribution in [0.4, 0.5) is 0 Å². The molecule has 1 aromatic rings. The van der Waals surface area contributed by atoms with E-state index >= 15 is 0 Å². The topological polar surface area (TPSA) is 33.1 Å². The maximum Gasteiger partial charge on any atom is 0.0540 e. The van der Waals surface area contributed by atoms with Gasteiger partial charge in [0.05, 0.1) is 6.20 Å². The molecule has 0 bridgehead atoms. The number of nitrogens with zero attached hydrogens (tertiary/aromatic N) is 3. The number of hydrogen-bond acceptors (Lipinski definition) is 3. The van der Waals surface area contributed by atoms with Gasteiger partial charge in [0.1, 0.15) is 0 Å². The van der Waals surface area contributed by atoms with Gasteiger partial charge < -0.3 is 10.2 Å². The summed E-state index contributed by atoms with van der Waals surface area (Å²) in [5, 5.41) is 8.11. The Bertz CT molecular complexity index is 399. The standard InChI is InChI=1S/C15H28N4/c1-5-12(2)18(3)10-9-16-14-7-6-8-15-13(14)11-17-19(15)4/h11-12,14,16H,5-10H2,1-4H3. The molecule has 0 radical (unpaired) electrons. The highest BCUT2D eigenvalue weighted by Gasteiger charge is 2.22. The van der Waals surface area contributed by atoms with Crippen LogP contribution in [-0.2, 0) is 13.5 Å². The van der Waals surface area contributed by atoms with Gasteiger partial charge in [-0.15, -0.1) is 0 Å². The van der Waals surface area contributed by atoms with Gasteiger partial charge in [-0.1, -0.05) is 6.92 Å². The number of nitrogens with one attached hydrogen (secondary N) is 1. The van der Waals surface area contributed by atoms with E-state index in [-0.39, 0.29) is 0 Å². The molecule has 108 valence electrons. The summed E-state index contributed by atoms with van der Waals surface area (Å²) in [4.78, 5) is 2.43. The van der Waals surface area contributed by atoms with Gasteiger partial charge in [0, 0.05) is 43.5 Å². The molecule has 0 spiro atoms. The third-order valence-electron chi connectivity index (χ3n) is 4.57. The van der Waals surface area contributed by atoms with Gasteiger partial charge in [-0.05, 0) is 39.7 Å². The lowest BCUT2D eigenvalue weighted by Crippen LogP contribution is -2.36. The summed E-state index contributed by atoms with van der Waals surface area (Å²) in [7, 11) is 4.27. The third kappa shape index (κ3) is 3.37. The summed E-state index contributed by atoms with van der Waals surface area (Å²) in [6, 6.07) is 1.17. The van der Waals surface area contributed by atoms with Crippen molar-refractivity contribution in [3.63, 3.8) is 0 Å². The quantitative estimate of drug-likeness (QED) is 0.854. The van der Waals surface area contributed by atoms with E-state index in [1.54, 1.807) is 0 Å². The van der Waals surface area contributed by atoms with Crippen molar-refractivity contribution >= 4 is 0 Å². The highest BCUT2D eigenvalue weighted by atomic mass is 15.3. The van der Waals surface area contributed by atoms with E-state index in [4.69, 9.17) is 0 Å². The second-order valence-corrected chi connectivity index (χ2v) is 5.81. The zero-order valence-electron chi connectivity index (χ0n) is 12.8. The van der Waals surface area contributed by atoms with Crippen LogP contribution in [0.25, 0.3) is 0 Å². The van der Waals surface area contributed by atoms with E-state index in [1.807, 2.05) is 10.9 Å². The molecule has 0 saturated heterocycles. The number of likely N-dealkylation sites (N-methyl/N-ethyl adjacent to an activating group) is 1. The number of rotatable bonds is 6. The third-order valence-corrected chi connectivity index (χ3v) is 4.57. The molecule has 0 aliphatic heterocycles. The van der Waals surface area contributed by atoms with Gasteiger partial charge in [-0.25, -0.2) is 0 Å². The van der Waals surface area contributed by atoms with Gasteiger partial charge in [-0.3, -0.25) is 4.68 Å². The second-order valence-electron chi connectivity index (χ2n) is 5.81. The first-order valence-corrected chi connectivity index (χ1v) is 7.57. The Balaban J connectivity index is 1.84. The minimum absolute atomic E-state index is 0.503. The van der Waals surface area contributed by atoms with Crippen LogP contribution in [0.3, 0.4) is 0 Å². The fourth-order valence-corrected chi connectivity index (χ4v) is 2.87. The molecule has 2 unspecified atom stereocenters. The van der Waals surface area contributed by atoms with Crippen LogP contribution < -0.4 is 5.32 Å². The van der Waals surface area contributed by atoms with Gasteiger partial charge in [0.25, 0.3) is 0 Å². The second kappa shape index (κ2) is 6.53. The van der Waals surface area contributed by atoms with Crippen LogP contribution in [0, 0.1) is 0 Å². The molecule has 19 heavy (non-hydrogen) atoms. The zero-order chi connectivity index (χ0) is 13.8. The minimum Gasteiger partial charge on any atom is -0.309 e. The number of aromatic nitrogens is 2. The van der Waals surface area contributed by atoms with E-state index in [9.17, 15) is 0 Å². The fraction of sp³-hybridized carbons (Fsp3) is 0.800. The zero-order valence-corrected chi connectivity index (χ0v) is 12.8. The first kappa shape index (κ1) is 14.5. The van der Waals surface area contributed by atoms with E-state index in [0.29, 0.717) is 12.1 Å². The Kier molecular flexibility index (Phi) is 4.99. The number of fused-ring (bicyclic) bond motifs is 1. The van der Waals surface area contributed by atoms with Crippen molar-refractivity contribution in [2.45, 2.75) is 51.6 Å². The smallest absolute Gasteiger partial charge is 0.0540 e. The van der Waals surface area contributed by atoms with Gasteiger partial charge in [0.2, 0.25) is 0 Å². The van der Waals surface area contributed by atoms with Crippen molar-refractivity contribution in [1.82, 2.24) is 20.0 Å². The van der Waals surface area contributed by atoms with Crippen molar-refractivity contribution in [1.29, 1.82) is 0 Å². The molecule has 1 N–H and O–H groups in total. The van der Waals surface area contributed by atoms with Crippen LogP contribution in [0.2, 0.25) is 0 Å². The molecule has 1 aliphatic carbocycles. The van der Waals surface area contributed by atoms with Crippen molar-refractivity contribution < 1.29 is 0 Å². The van der Waals surface area contributed by atoms with E-state index in [0.717, 1.165) is 13.1 Å². The van der Waals surface area contributed by atoms with Crippen LogP contribution in [0.1, 0.15) is 50.4 Å². The van der Waals surface area contributed by atoms with Crippen molar-refractivity contribution in [3.8, 4) is 0 Å². The molecule has 4 heteroatoms. The minimum atomic E-state index is 0.503. The number of aryl methyl sites for hydroxylation is 1. The van der Waals surface area contributed by atoms with Crippen LogP contribution in [-0.4, -0.2) is 40.9 Å². The monoisotopic (exact) mass is 264 g/mol. The lowest BCUT2D eigenvalue weighted by atomic mass is 9.93. The van der Waals surface area contributed by atoms with Crippen molar-refractivity contribution in [3.05, 3.63) is 17.5 Å². The SMILES string of the molecule is CCC(C)N(C)CCNC1CCCc2c1cnn2C. The van der Waals surface area contributed by atoms with Crippen molar-refractivity contribution in [2.24, 2.45) is 7.05 Å². The first-order valence-electron chi connectivity index (χ1n) is 7.57. The Hall–Kier alpha value is -0.870. The largest absolute Gasteiger partial charge is 0.309 e. The predicted octanol–water partition coefficient (Wildman–Crippen LogP) is 2.12. The molecule has 1 aromatic heterocycles. The first-order chi connectivity index (χ1) is 9.13. The summed E-state index contributed by atoms with van der Waals surface area (Å²) in [5.41, 5.74) is 2.83. The Morgan fingerprint density at radius 2 is 2.37 bits per heavy atom. The molecular weight excluding hydrogens is 236 g/mol. The molecule has 0 saturated carbocycles. The van der Waals surface area contributed by atoms with Crippen molar-refractivity contribution in [2.75, 3.05) is 20.1 Å². The fourth-order valence-electron chi connectivity index (χ4n) is 2.87. The lowest BCUT2D eigenvalue weighted by molar-refractivity contribution is 0.246. The Morgan fingerprint density at radius 1 is 1.58 bits per heavy atom. The molecular formula is C15H28N4. The molecule has 0 fully saturated rings. The summed E-state index contributed by atoms with van der Waals surface area (Å²) >= 11 is 0. The average molecular weight is 264 g/mol. The molecule has 4 nitrogen and oxygen atoms in total. The molecule has 0 amide bonds. The predicted molar refractivity (Wildman–Crippen MR) is 79.3 cm³/mol. The van der Waals surface area contributed by atoms with E-state index < -0.39 is 0 Å². The summed E-state index contributed by atoms with van der Waals surface area (Å²) < 4.78 is 2.04. The van der Waals surface area contributed by atoms with E-state index in [1.165, 1.54) is 36.9 Å². The molecule has 2 rings (SSSR count). The molecule has 1 heterocycles. The summed E-state index contributed by atoms with van der Waals surface area (Å²) in [6.45, 7) is 6.71. The lowest BCUT2D eigenvalue weighted by Gasteiger charge is -2.27. The molecule has 1 aliphatic rings. The molecule has 0 aromatic carbocycles. The Morgan fingerprint density at radius 3 is 3.11 bits per heavy atom. The highest BCUT2D eigenvalue weighted by Crippen LogP contribution is 2.28. The van der Waals surface area contributed by atoms with Crippen LogP contribution in [0.15, 0.2) is 6.20 Å². The van der Waals surface area contributed by atoms with Crippen LogP contribution >= 0.6 is 0 Å². The summed E-state index contributed by atoms with van der Waals surface area (Å²) in [6.07, 6.45) is 6.95. The van der Waals surface area contributed by atoms with Gasteiger partial charge in [-0.2, -0.15) is 5.10 Å². The maximum atomic E-state index is 4.40. The number of hydrogen-bond donors (Lipinski definition) is 1. The van der Waals surface area contributed by atoms with Crippen LogP contribution in [0.5, 0.6) is 0 Å². The molecule has 2 atom stereocenters. The maximum absolute atomic E-state index is 4.40. The summed E-state index contributed by atoms with van der Waals surface area (Å²) in [5.74, 6) is 0. The highest BCUT2D eigenvalue weighted by molar-refractivity contribution is 5.24. The average Bonchev–Trinajstić information content (AvgIpc) is 2.80. The normalized spacial score (nSPS) is 20.6. The van der Waals surface area contributed by atoms with Gasteiger partial charge >= 0.3 is 0 Å². The Labute approximate surface area is 117 Å². The van der Waals surface area contributed by atoms with Gasteiger partial charge in [0.15, 0.2) is 0 Å².